The third kappa shape index (κ3) is 18.1. The summed E-state index contributed by atoms with van der Waals surface area (Å²) in [6, 6.07) is 0. The number of carboxylic acid groups (broad SMARTS) is 1. The van der Waals surface area contributed by atoms with Crippen molar-refractivity contribution in [1.29, 1.82) is 0 Å². The molecule has 0 saturated carbocycles. The highest BCUT2D eigenvalue weighted by Crippen LogP contribution is 2.14. The topological polar surface area (TPSA) is 116 Å². The average Bonchev–Trinajstić information content (AvgIpc) is 2.75. The molecule has 0 aliphatic carbocycles. The van der Waals surface area contributed by atoms with Gasteiger partial charge in [-0.25, -0.2) is 4.79 Å². The monoisotopic (exact) mass is 445 g/mol. The predicted molar refractivity (Wildman–Crippen MR) is 123 cm³/mol. The molecule has 1 amide bonds. The molecule has 0 aromatic rings. The number of nitrogens with one attached hydrogen (secondary N) is 1. The van der Waals surface area contributed by atoms with E-state index < -0.39 is 31.3 Å². The Kier molecular flexibility index (Phi) is 19.9. The summed E-state index contributed by atoms with van der Waals surface area (Å²) in [7, 11) is 0. The Hall–Kier alpha value is -1.18. The van der Waals surface area contributed by atoms with Crippen LogP contribution < -0.4 is 5.32 Å². The summed E-state index contributed by atoms with van der Waals surface area (Å²) >= 11 is 0. The summed E-state index contributed by atoms with van der Waals surface area (Å²) in [6.07, 6.45) is 19.2. The first-order valence-electron chi connectivity index (χ1n) is 12.3. The number of hydrogen-bond donors (Lipinski definition) is 4. The number of unbranched alkanes of at least 4 members (excludes halogenated alkanes) is 14. The number of aliphatic carboxylic acids is 1. The maximum absolute atomic E-state index is 12.1. The minimum absolute atomic E-state index is 0.253. The fourth-order valence-corrected chi connectivity index (χ4v) is 3.61. The van der Waals surface area contributed by atoms with E-state index in [0.29, 0.717) is 6.42 Å². The molecule has 0 fully saturated rings. The lowest BCUT2D eigenvalue weighted by atomic mass is 10.0. The number of carbonyl (C=O) groups excluding carboxylic acids is 1. The van der Waals surface area contributed by atoms with Crippen molar-refractivity contribution in [3.05, 3.63) is 0 Å². The molecule has 0 aliphatic rings. The number of amides is 1. The van der Waals surface area contributed by atoms with Crippen molar-refractivity contribution in [3.8, 4) is 0 Å². The van der Waals surface area contributed by atoms with Crippen LogP contribution in [0.2, 0.25) is 0 Å². The summed E-state index contributed by atoms with van der Waals surface area (Å²) in [5.41, 5.74) is -1.35. The number of hydrogen-bond acceptors (Lipinski definition) is 5. The van der Waals surface area contributed by atoms with Crippen LogP contribution in [0.3, 0.4) is 0 Å². The van der Waals surface area contributed by atoms with Gasteiger partial charge in [-0.05, 0) is 6.42 Å². The zero-order valence-electron chi connectivity index (χ0n) is 19.7. The molecule has 0 unspecified atom stereocenters. The maximum atomic E-state index is 12.1. The Bertz CT molecular complexity index is 440. The van der Waals surface area contributed by atoms with Crippen molar-refractivity contribution in [1.82, 2.24) is 5.32 Å². The standard InChI is InChI=1S/C24H47NO6/c1-2-3-4-5-6-7-8-9-10-11-12-13-14-15-16-17-22(28)25-24(19-26,20-27)21-31-18-23(29)30/h26-27H,2-21H2,1H3,(H,25,28)(H,29,30). The molecule has 0 spiro atoms. The van der Waals surface area contributed by atoms with E-state index in [1.807, 2.05) is 0 Å². The molecule has 0 aromatic heterocycles. The SMILES string of the molecule is CCCCCCCCCCCCCCCCCC(=O)NC(CO)(CO)COCC(=O)O. The number of aliphatic hydroxyl groups is 2. The Morgan fingerprint density at radius 2 is 1.16 bits per heavy atom. The van der Waals surface area contributed by atoms with Gasteiger partial charge in [0.05, 0.1) is 19.8 Å². The van der Waals surface area contributed by atoms with E-state index in [1.54, 1.807) is 0 Å². The van der Waals surface area contributed by atoms with Crippen LogP contribution in [-0.4, -0.2) is 59.2 Å². The molecule has 0 rings (SSSR count). The van der Waals surface area contributed by atoms with Gasteiger partial charge in [0.1, 0.15) is 12.1 Å². The van der Waals surface area contributed by atoms with Crippen LogP contribution in [-0.2, 0) is 14.3 Å². The zero-order valence-corrected chi connectivity index (χ0v) is 19.7. The van der Waals surface area contributed by atoms with Gasteiger partial charge in [0.2, 0.25) is 5.91 Å². The zero-order chi connectivity index (χ0) is 23.2. The lowest BCUT2D eigenvalue weighted by Crippen LogP contribution is -2.57. The first kappa shape index (κ1) is 29.8. The lowest BCUT2D eigenvalue weighted by molar-refractivity contribution is -0.144. The third-order valence-electron chi connectivity index (χ3n) is 5.62. The minimum atomic E-state index is -1.35. The first-order chi connectivity index (χ1) is 15.0. The molecule has 0 aliphatic heterocycles. The minimum Gasteiger partial charge on any atom is -0.480 e. The van der Waals surface area contributed by atoms with E-state index in [9.17, 15) is 19.8 Å². The van der Waals surface area contributed by atoms with Gasteiger partial charge in [0, 0.05) is 6.42 Å². The largest absolute Gasteiger partial charge is 0.480 e. The number of carbonyl (C=O) groups is 2. The Labute approximate surface area is 189 Å². The van der Waals surface area contributed by atoms with E-state index in [1.165, 1.54) is 77.0 Å². The Balaban J connectivity index is 3.62. The van der Waals surface area contributed by atoms with Crippen molar-refractivity contribution in [2.75, 3.05) is 26.4 Å². The van der Waals surface area contributed by atoms with Gasteiger partial charge in [-0.2, -0.15) is 0 Å². The number of carboxylic acids is 1. The van der Waals surface area contributed by atoms with Crippen LogP contribution in [0, 0.1) is 0 Å². The predicted octanol–water partition coefficient (Wildman–Crippen LogP) is 4.19. The molecular formula is C24H47NO6. The number of ether oxygens (including phenoxy) is 1. The van der Waals surface area contributed by atoms with Crippen LogP contribution in [0.1, 0.15) is 110 Å². The van der Waals surface area contributed by atoms with Gasteiger partial charge in [0.15, 0.2) is 0 Å². The van der Waals surface area contributed by atoms with Crippen LogP contribution >= 0.6 is 0 Å². The van der Waals surface area contributed by atoms with Gasteiger partial charge < -0.3 is 25.4 Å². The van der Waals surface area contributed by atoms with Gasteiger partial charge in [-0.1, -0.05) is 96.8 Å². The smallest absolute Gasteiger partial charge is 0.329 e. The fraction of sp³-hybridized carbons (Fsp3) is 0.917. The summed E-state index contributed by atoms with van der Waals surface area (Å²) in [4.78, 5) is 22.6. The lowest BCUT2D eigenvalue weighted by Gasteiger charge is -2.30. The van der Waals surface area contributed by atoms with Crippen molar-refractivity contribution < 1.29 is 29.6 Å². The van der Waals surface area contributed by atoms with Crippen LogP contribution in [0.4, 0.5) is 0 Å². The van der Waals surface area contributed by atoms with E-state index in [-0.39, 0.29) is 12.5 Å². The molecule has 0 saturated heterocycles. The average molecular weight is 446 g/mol. The second-order valence-electron chi connectivity index (χ2n) is 8.73. The van der Waals surface area contributed by atoms with E-state index in [2.05, 4.69) is 12.2 Å². The summed E-state index contributed by atoms with van der Waals surface area (Å²) in [6.45, 7) is 0.414. The molecule has 7 heteroatoms. The highest BCUT2D eigenvalue weighted by molar-refractivity contribution is 5.76. The molecule has 0 radical (unpaired) electrons. The quantitative estimate of drug-likeness (QED) is 0.175. The highest BCUT2D eigenvalue weighted by atomic mass is 16.5. The second-order valence-corrected chi connectivity index (χ2v) is 8.73. The van der Waals surface area contributed by atoms with Gasteiger partial charge >= 0.3 is 5.97 Å². The summed E-state index contributed by atoms with van der Waals surface area (Å²) in [5, 5.41) is 30.2. The summed E-state index contributed by atoms with van der Waals surface area (Å²) in [5.74, 6) is -1.41. The molecule has 31 heavy (non-hydrogen) atoms. The van der Waals surface area contributed by atoms with E-state index in [4.69, 9.17) is 9.84 Å². The number of rotatable bonds is 23. The normalized spacial score (nSPS) is 11.6. The molecular weight excluding hydrogens is 398 g/mol. The van der Waals surface area contributed by atoms with Crippen LogP contribution in [0.5, 0.6) is 0 Å². The van der Waals surface area contributed by atoms with E-state index >= 15 is 0 Å². The molecule has 4 N–H and O–H groups in total. The van der Waals surface area contributed by atoms with Gasteiger partial charge in [0.25, 0.3) is 0 Å². The van der Waals surface area contributed by atoms with Crippen LogP contribution in [0.25, 0.3) is 0 Å². The Morgan fingerprint density at radius 1 is 0.742 bits per heavy atom. The first-order valence-corrected chi connectivity index (χ1v) is 12.3. The maximum Gasteiger partial charge on any atom is 0.329 e. The third-order valence-corrected chi connectivity index (χ3v) is 5.62. The highest BCUT2D eigenvalue weighted by Gasteiger charge is 2.31. The van der Waals surface area contributed by atoms with E-state index in [0.717, 1.165) is 19.3 Å². The van der Waals surface area contributed by atoms with Crippen molar-refractivity contribution in [3.63, 3.8) is 0 Å². The molecule has 0 bridgehead atoms. The van der Waals surface area contributed by atoms with Crippen molar-refractivity contribution in [2.24, 2.45) is 0 Å². The molecule has 184 valence electrons. The summed E-state index contributed by atoms with van der Waals surface area (Å²) < 4.78 is 4.94. The molecule has 0 heterocycles. The van der Waals surface area contributed by atoms with Gasteiger partial charge in [-0.3, -0.25) is 4.79 Å². The fourth-order valence-electron chi connectivity index (χ4n) is 3.61. The number of aliphatic hydroxyl groups excluding tert-OH is 2. The van der Waals surface area contributed by atoms with Crippen molar-refractivity contribution in [2.45, 2.75) is 115 Å². The van der Waals surface area contributed by atoms with Gasteiger partial charge in [-0.15, -0.1) is 0 Å². The molecule has 0 atom stereocenters. The van der Waals surface area contributed by atoms with Crippen molar-refractivity contribution >= 4 is 11.9 Å². The Morgan fingerprint density at radius 3 is 1.55 bits per heavy atom. The molecule has 7 nitrogen and oxygen atoms in total. The second kappa shape index (κ2) is 20.7. The molecule has 0 aromatic carbocycles. The van der Waals surface area contributed by atoms with Crippen LogP contribution in [0.15, 0.2) is 0 Å².